The normalized spacial score (nSPS) is 11.7. The molecule has 0 bridgehead atoms. The third-order valence-electron chi connectivity index (χ3n) is 5.27. The summed E-state index contributed by atoms with van der Waals surface area (Å²) >= 11 is 5.85. The van der Waals surface area contributed by atoms with Crippen molar-refractivity contribution in [1.82, 2.24) is 25.1 Å². The van der Waals surface area contributed by atoms with Crippen LogP contribution in [0.4, 0.5) is 18.9 Å². The number of hydrogen-bond acceptors (Lipinski definition) is 6. The van der Waals surface area contributed by atoms with E-state index in [1.807, 2.05) is 4.72 Å². The molecule has 0 aliphatic carbocycles. The number of imidazole rings is 1. The van der Waals surface area contributed by atoms with Crippen LogP contribution in [0, 0.1) is 17.5 Å². The number of nitrogens with one attached hydrogen (secondary N) is 3. The van der Waals surface area contributed by atoms with Gasteiger partial charge in [0, 0.05) is 29.5 Å². The number of rotatable bonds is 6. The summed E-state index contributed by atoms with van der Waals surface area (Å²) in [5.41, 5.74) is -1.66. The molecule has 0 saturated heterocycles. The Balaban J connectivity index is 1.60. The molecule has 184 valence electrons. The van der Waals surface area contributed by atoms with Crippen molar-refractivity contribution in [2.75, 3.05) is 11.8 Å². The van der Waals surface area contributed by atoms with Crippen LogP contribution in [0.2, 0.25) is 5.02 Å². The van der Waals surface area contributed by atoms with Crippen molar-refractivity contribution in [3.63, 3.8) is 0 Å². The van der Waals surface area contributed by atoms with Gasteiger partial charge >= 0.3 is 0 Å². The Labute approximate surface area is 206 Å². The smallest absolute Gasteiger partial charge is 0.267 e. The maximum atomic E-state index is 15.5. The Kier molecular flexibility index (Phi) is 5.80. The largest absolute Gasteiger partial charge is 0.480 e. The Morgan fingerprint density at radius 2 is 1.89 bits per heavy atom. The molecular weight excluding hydrogens is 521 g/mol. The molecule has 0 aliphatic rings. The van der Waals surface area contributed by atoms with E-state index < -0.39 is 49.2 Å². The fraction of sp³-hybridized carbons (Fsp3) is 0.0455. The van der Waals surface area contributed by atoms with Crippen LogP contribution >= 0.6 is 11.6 Å². The van der Waals surface area contributed by atoms with Crippen LogP contribution in [0.1, 0.15) is 0 Å². The van der Waals surface area contributed by atoms with Crippen molar-refractivity contribution in [2.24, 2.45) is 0 Å². The number of nitrogens with zero attached hydrogens (tertiary/aromatic N) is 3. The third-order valence-corrected chi connectivity index (χ3v) is 6.84. The molecule has 0 amide bonds. The first-order valence-electron chi connectivity index (χ1n) is 10.1. The second-order valence-electron chi connectivity index (χ2n) is 7.41. The summed E-state index contributed by atoms with van der Waals surface area (Å²) in [4.78, 5) is 10.2. The first kappa shape index (κ1) is 23.6. The van der Waals surface area contributed by atoms with E-state index in [1.54, 1.807) is 6.20 Å². The number of H-pyrrole nitrogens is 2. The van der Waals surface area contributed by atoms with E-state index in [-0.39, 0.29) is 16.4 Å². The van der Waals surface area contributed by atoms with Gasteiger partial charge in [0.2, 0.25) is 5.88 Å². The summed E-state index contributed by atoms with van der Waals surface area (Å²) in [5.74, 6) is -3.36. The number of aromatic amines is 2. The molecule has 0 atom stereocenters. The summed E-state index contributed by atoms with van der Waals surface area (Å²) in [6.07, 6.45) is 4.22. The number of halogens is 4. The van der Waals surface area contributed by atoms with Crippen LogP contribution in [0.5, 0.6) is 5.88 Å². The van der Waals surface area contributed by atoms with E-state index in [1.165, 1.54) is 31.6 Å². The van der Waals surface area contributed by atoms with Crippen molar-refractivity contribution in [3.8, 4) is 28.5 Å². The van der Waals surface area contributed by atoms with Crippen molar-refractivity contribution in [1.29, 1.82) is 0 Å². The summed E-state index contributed by atoms with van der Waals surface area (Å²) in [6.45, 7) is 0. The fourth-order valence-electron chi connectivity index (χ4n) is 3.66. The van der Waals surface area contributed by atoms with Crippen LogP contribution in [-0.2, 0) is 10.0 Å². The van der Waals surface area contributed by atoms with Crippen LogP contribution < -0.4 is 9.46 Å². The molecule has 0 aliphatic heterocycles. The predicted molar refractivity (Wildman–Crippen MR) is 126 cm³/mol. The van der Waals surface area contributed by atoms with Gasteiger partial charge in [0.15, 0.2) is 22.4 Å². The van der Waals surface area contributed by atoms with Gasteiger partial charge in [-0.1, -0.05) is 17.7 Å². The van der Waals surface area contributed by atoms with Crippen molar-refractivity contribution >= 4 is 38.2 Å². The average Bonchev–Trinajstić information content (AvgIpc) is 3.52. The molecule has 0 spiro atoms. The second-order valence-corrected chi connectivity index (χ2v) is 9.50. The van der Waals surface area contributed by atoms with Crippen LogP contribution in [-0.4, -0.2) is 40.7 Å². The highest BCUT2D eigenvalue weighted by Crippen LogP contribution is 2.37. The summed E-state index contributed by atoms with van der Waals surface area (Å²) in [7, 11) is -3.29. The lowest BCUT2D eigenvalue weighted by atomic mass is 10.0. The average molecular weight is 535 g/mol. The minimum atomic E-state index is -4.48. The first-order chi connectivity index (χ1) is 17.2. The zero-order valence-electron chi connectivity index (χ0n) is 18.1. The lowest BCUT2D eigenvalue weighted by molar-refractivity contribution is 0.385. The van der Waals surface area contributed by atoms with Crippen LogP contribution in [0.25, 0.3) is 33.5 Å². The minimum Gasteiger partial charge on any atom is -0.480 e. The highest BCUT2D eigenvalue weighted by atomic mass is 35.5. The number of sulfonamides is 1. The van der Waals surface area contributed by atoms with Gasteiger partial charge in [0.1, 0.15) is 17.0 Å². The lowest BCUT2D eigenvalue weighted by Gasteiger charge is -2.14. The maximum Gasteiger partial charge on any atom is 0.267 e. The highest BCUT2D eigenvalue weighted by Gasteiger charge is 2.27. The molecule has 0 saturated carbocycles. The van der Waals surface area contributed by atoms with Crippen molar-refractivity contribution in [2.45, 2.75) is 4.90 Å². The molecule has 9 nitrogen and oxygen atoms in total. The fourth-order valence-corrected chi connectivity index (χ4v) is 5.08. The summed E-state index contributed by atoms with van der Waals surface area (Å²) < 4.78 is 78.5. The summed E-state index contributed by atoms with van der Waals surface area (Å²) in [6, 6.07) is 5.34. The monoisotopic (exact) mass is 534 g/mol. The van der Waals surface area contributed by atoms with E-state index in [4.69, 9.17) is 16.3 Å². The molecule has 3 N–H and O–H groups in total. The van der Waals surface area contributed by atoms with E-state index in [9.17, 15) is 12.8 Å². The molecule has 14 heteroatoms. The quantitative estimate of drug-likeness (QED) is 0.285. The lowest BCUT2D eigenvalue weighted by Crippen LogP contribution is -2.16. The van der Waals surface area contributed by atoms with Crippen LogP contribution in [0.15, 0.2) is 53.8 Å². The molecule has 3 heterocycles. The van der Waals surface area contributed by atoms with Gasteiger partial charge < -0.3 is 9.72 Å². The zero-order chi connectivity index (χ0) is 25.6. The van der Waals surface area contributed by atoms with Crippen LogP contribution in [0.3, 0.4) is 0 Å². The molecule has 5 aromatic rings. The van der Waals surface area contributed by atoms with Gasteiger partial charge in [0.05, 0.1) is 23.4 Å². The Morgan fingerprint density at radius 1 is 1.08 bits per heavy atom. The minimum absolute atomic E-state index is 0.0136. The van der Waals surface area contributed by atoms with E-state index >= 15 is 8.78 Å². The van der Waals surface area contributed by atoms with Gasteiger partial charge in [-0.05, 0) is 24.3 Å². The predicted octanol–water partition coefficient (Wildman–Crippen LogP) is 4.90. The number of ether oxygens (including phenoxy) is 1. The SMILES string of the molecule is COc1ncc(Cl)cc1S(=O)(=O)Nc1ccc(F)c(-c2ccc3c(-c4ncc[nH]4)n[nH]c3c2F)c1F. The Hall–Kier alpha value is -4.10. The molecule has 0 unspecified atom stereocenters. The first-order valence-corrected chi connectivity index (χ1v) is 11.9. The van der Waals surface area contributed by atoms with Gasteiger partial charge in [-0.2, -0.15) is 5.10 Å². The van der Waals surface area contributed by atoms with Gasteiger partial charge in [-0.25, -0.2) is 31.6 Å². The standard InChI is InChI=1S/C22H14ClF3N6O3S/c1-35-22-15(8-10(23)9-29-22)36(33,34)32-14-5-4-13(24)16(18(14)26)11-2-3-12-19(17(11)25)30-31-20(12)21-27-6-7-28-21/h2-9,32H,1H3,(H,27,28)(H,30,31). The second kappa shape index (κ2) is 8.84. The van der Waals surface area contributed by atoms with Gasteiger partial charge in [-0.15, -0.1) is 0 Å². The molecule has 0 radical (unpaired) electrons. The Morgan fingerprint density at radius 3 is 2.61 bits per heavy atom. The van der Waals surface area contributed by atoms with Gasteiger partial charge in [-0.3, -0.25) is 9.82 Å². The highest BCUT2D eigenvalue weighted by molar-refractivity contribution is 7.92. The number of fused-ring (bicyclic) bond motifs is 1. The Bertz CT molecular complexity index is 1730. The number of aromatic nitrogens is 5. The number of benzene rings is 2. The molecule has 5 rings (SSSR count). The van der Waals surface area contributed by atoms with E-state index in [0.29, 0.717) is 16.9 Å². The molecule has 3 aromatic heterocycles. The van der Waals surface area contributed by atoms with E-state index in [2.05, 4.69) is 25.1 Å². The number of anilines is 1. The maximum absolute atomic E-state index is 15.5. The number of pyridine rings is 1. The van der Waals surface area contributed by atoms with Crippen molar-refractivity contribution in [3.05, 3.63) is 71.4 Å². The van der Waals surface area contributed by atoms with E-state index in [0.717, 1.165) is 18.2 Å². The van der Waals surface area contributed by atoms with Crippen molar-refractivity contribution < 1.29 is 26.3 Å². The van der Waals surface area contributed by atoms with Gasteiger partial charge in [0.25, 0.3) is 10.0 Å². The molecule has 0 fully saturated rings. The topological polar surface area (TPSA) is 126 Å². The molecular formula is C22H14ClF3N6O3S. The number of methoxy groups -OCH3 is 1. The molecule has 2 aromatic carbocycles. The summed E-state index contributed by atoms with van der Waals surface area (Å²) in [5, 5.41) is 6.86. The zero-order valence-corrected chi connectivity index (χ0v) is 19.7. The number of hydrogen-bond donors (Lipinski definition) is 3. The molecule has 36 heavy (non-hydrogen) atoms. The third kappa shape index (κ3) is 3.91.